The zero-order valence-electron chi connectivity index (χ0n) is 11.2. The Labute approximate surface area is 110 Å². The van der Waals surface area contributed by atoms with Crippen molar-refractivity contribution in [1.29, 1.82) is 0 Å². The second-order valence-electron chi connectivity index (χ2n) is 5.55. The standard InChI is InChI=1S/C12H25N3O2S/c1-18(16,17)15-8-6-14(7-9-15)12-5-3-2-4-11(12)10-13/h11-12H,2-10,13H2,1H3. The second-order valence-corrected chi connectivity index (χ2v) is 7.53. The summed E-state index contributed by atoms with van der Waals surface area (Å²) < 4.78 is 24.5. The summed E-state index contributed by atoms with van der Waals surface area (Å²) in [6, 6.07) is 0.575. The average molecular weight is 275 g/mol. The molecule has 1 saturated carbocycles. The summed E-state index contributed by atoms with van der Waals surface area (Å²) in [7, 11) is -3.02. The van der Waals surface area contributed by atoms with Gasteiger partial charge in [0.05, 0.1) is 6.26 Å². The summed E-state index contributed by atoms with van der Waals surface area (Å²) in [4.78, 5) is 2.46. The molecule has 2 rings (SSSR count). The molecule has 2 fully saturated rings. The molecular formula is C12H25N3O2S. The third-order valence-corrected chi connectivity index (χ3v) is 5.69. The predicted molar refractivity (Wildman–Crippen MR) is 72.8 cm³/mol. The van der Waals surface area contributed by atoms with E-state index in [9.17, 15) is 8.42 Å². The largest absolute Gasteiger partial charge is 0.330 e. The normalized spacial score (nSPS) is 32.6. The van der Waals surface area contributed by atoms with Gasteiger partial charge in [0.2, 0.25) is 10.0 Å². The van der Waals surface area contributed by atoms with E-state index in [0.717, 1.165) is 19.6 Å². The summed E-state index contributed by atoms with van der Waals surface area (Å²) in [6.07, 6.45) is 6.33. The smallest absolute Gasteiger partial charge is 0.211 e. The maximum absolute atomic E-state index is 11.5. The first-order valence-electron chi connectivity index (χ1n) is 6.91. The van der Waals surface area contributed by atoms with Gasteiger partial charge in [0.25, 0.3) is 0 Å². The second kappa shape index (κ2) is 5.86. The summed E-state index contributed by atoms with van der Waals surface area (Å²) in [6.45, 7) is 3.73. The molecule has 106 valence electrons. The molecule has 2 atom stereocenters. The number of sulfonamides is 1. The Morgan fingerprint density at radius 2 is 1.72 bits per heavy atom. The lowest BCUT2D eigenvalue weighted by Crippen LogP contribution is -2.54. The van der Waals surface area contributed by atoms with Crippen molar-refractivity contribution < 1.29 is 8.42 Å². The minimum absolute atomic E-state index is 0.575. The van der Waals surface area contributed by atoms with E-state index in [4.69, 9.17) is 5.73 Å². The van der Waals surface area contributed by atoms with Crippen molar-refractivity contribution in [3.8, 4) is 0 Å². The van der Waals surface area contributed by atoms with Gasteiger partial charge in [-0.05, 0) is 25.3 Å². The fourth-order valence-electron chi connectivity index (χ4n) is 3.31. The van der Waals surface area contributed by atoms with Crippen LogP contribution in [0.25, 0.3) is 0 Å². The zero-order valence-corrected chi connectivity index (χ0v) is 12.0. The van der Waals surface area contributed by atoms with Gasteiger partial charge in [-0.15, -0.1) is 0 Å². The van der Waals surface area contributed by atoms with Crippen molar-refractivity contribution in [2.24, 2.45) is 11.7 Å². The van der Waals surface area contributed by atoms with E-state index >= 15 is 0 Å². The van der Waals surface area contributed by atoms with E-state index in [0.29, 0.717) is 25.0 Å². The van der Waals surface area contributed by atoms with Crippen LogP contribution in [0, 0.1) is 5.92 Å². The Kier molecular flexibility index (Phi) is 4.64. The molecule has 1 heterocycles. The highest BCUT2D eigenvalue weighted by Crippen LogP contribution is 2.28. The van der Waals surface area contributed by atoms with Gasteiger partial charge in [0.1, 0.15) is 0 Å². The molecule has 0 spiro atoms. The van der Waals surface area contributed by atoms with E-state index in [1.807, 2.05) is 0 Å². The minimum atomic E-state index is -3.02. The lowest BCUT2D eigenvalue weighted by atomic mass is 9.83. The topological polar surface area (TPSA) is 66.6 Å². The fraction of sp³-hybridized carbons (Fsp3) is 1.00. The molecule has 2 unspecified atom stereocenters. The fourth-order valence-corrected chi connectivity index (χ4v) is 4.14. The minimum Gasteiger partial charge on any atom is -0.330 e. The van der Waals surface area contributed by atoms with Crippen molar-refractivity contribution in [3.63, 3.8) is 0 Å². The third-order valence-electron chi connectivity index (χ3n) is 4.38. The van der Waals surface area contributed by atoms with Crippen LogP contribution in [0.5, 0.6) is 0 Å². The molecule has 5 nitrogen and oxygen atoms in total. The van der Waals surface area contributed by atoms with Gasteiger partial charge in [0.15, 0.2) is 0 Å². The highest BCUT2D eigenvalue weighted by Gasteiger charge is 2.32. The molecule has 2 N–H and O–H groups in total. The quantitative estimate of drug-likeness (QED) is 0.792. The molecule has 0 radical (unpaired) electrons. The third kappa shape index (κ3) is 3.23. The van der Waals surface area contributed by atoms with E-state index in [2.05, 4.69) is 4.90 Å². The molecule has 1 aliphatic heterocycles. The number of nitrogens with two attached hydrogens (primary N) is 1. The number of hydrogen-bond acceptors (Lipinski definition) is 4. The van der Waals surface area contributed by atoms with Crippen molar-refractivity contribution in [2.45, 2.75) is 31.7 Å². The number of rotatable bonds is 3. The maximum atomic E-state index is 11.5. The first-order valence-corrected chi connectivity index (χ1v) is 8.76. The average Bonchev–Trinajstić information content (AvgIpc) is 2.38. The van der Waals surface area contributed by atoms with Crippen molar-refractivity contribution >= 4 is 10.0 Å². The van der Waals surface area contributed by atoms with Gasteiger partial charge in [-0.2, -0.15) is 4.31 Å². The van der Waals surface area contributed by atoms with Crippen molar-refractivity contribution in [3.05, 3.63) is 0 Å². The first-order chi connectivity index (χ1) is 8.52. The van der Waals surface area contributed by atoms with Crippen LogP contribution in [0.4, 0.5) is 0 Å². The summed E-state index contributed by atoms with van der Waals surface area (Å²) in [5, 5.41) is 0. The van der Waals surface area contributed by atoms with Crippen LogP contribution in [0.2, 0.25) is 0 Å². The molecule has 0 aromatic rings. The Balaban J connectivity index is 1.92. The van der Waals surface area contributed by atoms with E-state index in [-0.39, 0.29) is 0 Å². The number of piperazine rings is 1. The summed E-state index contributed by atoms with van der Waals surface area (Å²) in [5.41, 5.74) is 5.86. The van der Waals surface area contributed by atoms with E-state index in [1.54, 1.807) is 4.31 Å². The molecule has 2 aliphatic rings. The summed E-state index contributed by atoms with van der Waals surface area (Å²) >= 11 is 0. The molecule has 6 heteroatoms. The van der Waals surface area contributed by atoms with Crippen LogP contribution in [0.1, 0.15) is 25.7 Å². The Bertz CT molecular complexity index is 364. The molecular weight excluding hydrogens is 250 g/mol. The van der Waals surface area contributed by atoms with Crippen LogP contribution < -0.4 is 5.73 Å². The molecule has 1 saturated heterocycles. The zero-order chi connectivity index (χ0) is 13.2. The first kappa shape index (κ1) is 14.2. The highest BCUT2D eigenvalue weighted by atomic mass is 32.2. The molecule has 1 aliphatic carbocycles. The van der Waals surface area contributed by atoms with Gasteiger partial charge < -0.3 is 5.73 Å². The Morgan fingerprint density at radius 1 is 1.11 bits per heavy atom. The number of hydrogen-bond donors (Lipinski definition) is 1. The molecule has 0 bridgehead atoms. The Hall–Kier alpha value is -0.170. The van der Waals surface area contributed by atoms with Gasteiger partial charge in [0, 0.05) is 32.2 Å². The van der Waals surface area contributed by atoms with Crippen LogP contribution in [0.3, 0.4) is 0 Å². The molecule has 0 aromatic heterocycles. The monoisotopic (exact) mass is 275 g/mol. The molecule has 0 aromatic carbocycles. The van der Waals surface area contributed by atoms with Crippen LogP contribution in [-0.2, 0) is 10.0 Å². The van der Waals surface area contributed by atoms with Crippen LogP contribution >= 0.6 is 0 Å². The SMILES string of the molecule is CS(=O)(=O)N1CCN(C2CCCCC2CN)CC1. The molecule has 0 amide bonds. The van der Waals surface area contributed by atoms with Crippen LogP contribution in [-0.4, -0.2) is 62.6 Å². The van der Waals surface area contributed by atoms with Crippen LogP contribution in [0.15, 0.2) is 0 Å². The van der Waals surface area contributed by atoms with Gasteiger partial charge in [-0.1, -0.05) is 12.8 Å². The van der Waals surface area contributed by atoms with Gasteiger partial charge in [-0.25, -0.2) is 8.42 Å². The highest BCUT2D eigenvalue weighted by molar-refractivity contribution is 7.88. The van der Waals surface area contributed by atoms with Crippen molar-refractivity contribution in [1.82, 2.24) is 9.21 Å². The lowest BCUT2D eigenvalue weighted by molar-refractivity contribution is 0.0751. The van der Waals surface area contributed by atoms with E-state index < -0.39 is 10.0 Å². The summed E-state index contributed by atoms with van der Waals surface area (Å²) in [5.74, 6) is 0.600. The Morgan fingerprint density at radius 3 is 2.28 bits per heavy atom. The number of nitrogens with zero attached hydrogens (tertiary/aromatic N) is 2. The van der Waals surface area contributed by atoms with Gasteiger partial charge in [-0.3, -0.25) is 4.90 Å². The molecule has 18 heavy (non-hydrogen) atoms. The predicted octanol–water partition coefficient (Wildman–Crippen LogP) is 0.0811. The maximum Gasteiger partial charge on any atom is 0.211 e. The van der Waals surface area contributed by atoms with Crippen molar-refractivity contribution in [2.75, 3.05) is 39.0 Å². The lowest BCUT2D eigenvalue weighted by Gasteiger charge is -2.43. The van der Waals surface area contributed by atoms with E-state index in [1.165, 1.54) is 31.9 Å². The van der Waals surface area contributed by atoms with Gasteiger partial charge >= 0.3 is 0 Å².